The van der Waals surface area contributed by atoms with Gasteiger partial charge in [-0.15, -0.1) is 0 Å². The first-order valence-electron chi connectivity index (χ1n) is 8.20. The van der Waals surface area contributed by atoms with Crippen LogP contribution in [-0.2, 0) is 20.7 Å². The maximum Gasteiger partial charge on any atom is 0.224 e. The van der Waals surface area contributed by atoms with E-state index in [0.717, 1.165) is 6.42 Å². The molecule has 1 heterocycles. The van der Waals surface area contributed by atoms with E-state index in [1.807, 2.05) is 12.1 Å². The molecule has 0 saturated carbocycles. The molecule has 5 nitrogen and oxygen atoms in total. The van der Waals surface area contributed by atoms with Crippen LogP contribution >= 0.6 is 0 Å². The van der Waals surface area contributed by atoms with Gasteiger partial charge in [-0.3, -0.25) is 9.59 Å². The molecule has 1 aliphatic rings. The summed E-state index contributed by atoms with van der Waals surface area (Å²) in [5.74, 6) is 0.0564. The van der Waals surface area contributed by atoms with E-state index < -0.39 is 0 Å². The van der Waals surface area contributed by atoms with Crippen LogP contribution in [0.5, 0.6) is 0 Å². The van der Waals surface area contributed by atoms with Crippen LogP contribution in [-0.4, -0.2) is 50.1 Å². The second kappa shape index (κ2) is 8.67. The molecule has 0 spiro atoms. The number of methoxy groups -OCH3 is 1. The number of nitrogens with zero attached hydrogens (tertiary/aromatic N) is 1. The molecule has 2 amide bonds. The Kier molecular flexibility index (Phi) is 6.59. The molecule has 1 saturated heterocycles. The average Bonchev–Trinajstić information content (AvgIpc) is 2.55. The SMILES string of the molecule is COCCN1C[C@H](C(=O)NCCc2ccccc2C)CCC1=O. The van der Waals surface area contributed by atoms with Crippen LogP contribution in [0.1, 0.15) is 24.0 Å². The van der Waals surface area contributed by atoms with Crippen molar-refractivity contribution in [1.29, 1.82) is 0 Å². The molecule has 126 valence electrons. The molecule has 1 atom stereocenters. The molecule has 0 aromatic heterocycles. The van der Waals surface area contributed by atoms with Crippen LogP contribution in [0.3, 0.4) is 0 Å². The lowest BCUT2D eigenvalue weighted by molar-refractivity contribution is -0.138. The number of piperidine rings is 1. The van der Waals surface area contributed by atoms with E-state index in [-0.39, 0.29) is 17.7 Å². The first-order valence-corrected chi connectivity index (χ1v) is 8.20. The van der Waals surface area contributed by atoms with Gasteiger partial charge < -0.3 is 15.0 Å². The number of hydrogen-bond donors (Lipinski definition) is 1. The minimum atomic E-state index is -0.110. The van der Waals surface area contributed by atoms with E-state index in [1.54, 1.807) is 12.0 Å². The Morgan fingerprint density at radius 3 is 2.91 bits per heavy atom. The molecular formula is C18H26N2O3. The molecule has 0 aliphatic carbocycles. The topological polar surface area (TPSA) is 58.6 Å². The zero-order valence-corrected chi connectivity index (χ0v) is 14.0. The lowest BCUT2D eigenvalue weighted by Gasteiger charge is -2.31. The molecular weight excluding hydrogens is 292 g/mol. The number of aryl methyl sites for hydroxylation is 1. The highest BCUT2D eigenvalue weighted by molar-refractivity contribution is 5.83. The largest absolute Gasteiger partial charge is 0.383 e. The summed E-state index contributed by atoms with van der Waals surface area (Å²) in [4.78, 5) is 25.9. The van der Waals surface area contributed by atoms with Crippen molar-refractivity contribution in [3.63, 3.8) is 0 Å². The van der Waals surface area contributed by atoms with Gasteiger partial charge in [0, 0.05) is 33.2 Å². The van der Waals surface area contributed by atoms with Gasteiger partial charge in [-0.05, 0) is 30.9 Å². The standard InChI is InChI=1S/C18H26N2O3/c1-14-5-3-4-6-15(14)9-10-19-18(22)16-7-8-17(21)20(13-16)11-12-23-2/h3-6,16H,7-13H2,1-2H3,(H,19,22)/t16-/m1/s1. The number of nitrogens with one attached hydrogen (secondary N) is 1. The van der Waals surface area contributed by atoms with Crippen molar-refractivity contribution in [2.45, 2.75) is 26.2 Å². The van der Waals surface area contributed by atoms with Crippen molar-refractivity contribution in [1.82, 2.24) is 10.2 Å². The van der Waals surface area contributed by atoms with Gasteiger partial charge in [0.05, 0.1) is 12.5 Å². The van der Waals surface area contributed by atoms with Crippen molar-refractivity contribution in [2.75, 3.05) is 33.4 Å². The van der Waals surface area contributed by atoms with Crippen molar-refractivity contribution < 1.29 is 14.3 Å². The van der Waals surface area contributed by atoms with Gasteiger partial charge in [0.1, 0.15) is 0 Å². The van der Waals surface area contributed by atoms with Crippen LogP contribution in [0, 0.1) is 12.8 Å². The third kappa shape index (κ3) is 5.06. The molecule has 0 unspecified atom stereocenters. The highest BCUT2D eigenvalue weighted by Gasteiger charge is 2.29. The first-order chi connectivity index (χ1) is 11.1. The molecule has 1 fully saturated rings. The fraction of sp³-hybridized carbons (Fsp3) is 0.556. The lowest BCUT2D eigenvalue weighted by Crippen LogP contribution is -2.47. The Balaban J connectivity index is 1.79. The Morgan fingerprint density at radius 1 is 1.39 bits per heavy atom. The van der Waals surface area contributed by atoms with E-state index in [1.165, 1.54) is 11.1 Å². The molecule has 0 bridgehead atoms. The van der Waals surface area contributed by atoms with Gasteiger partial charge in [-0.25, -0.2) is 0 Å². The number of ether oxygens (including phenoxy) is 1. The third-order valence-corrected chi connectivity index (χ3v) is 4.39. The number of hydrogen-bond acceptors (Lipinski definition) is 3. The van der Waals surface area contributed by atoms with Gasteiger partial charge in [0.25, 0.3) is 0 Å². The normalized spacial score (nSPS) is 18.1. The predicted molar refractivity (Wildman–Crippen MR) is 89.1 cm³/mol. The van der Waals surface area contributed by atoms with E-state index in [0.29, 0.717) is 39.1 Å². The van der Waals surface area contributed by atoms with Gasteiger partial charge in [0.2, 0.25) is 11.8 Å². The summed E-state index contributed by atoms with van der Waals surface area (Å²) < 4.78 is 5.02. The van der Waals surface area contributed by atoms with Gasteiger partial charge in [-0.1, -0.05) is 24.3 Å². The Morgan fingerprint density at radius 2 is 2.17 bits per heavy atom. The summed E-state index contributed by atoms with van der Waals surface area (Å²) in [7, 11) is 1.62. The maximum absolute atomic E-state index is 12.3. The fourth-order valence-corrected chi connectivity index (χ4v) is 2.90. The van der Waals surface area contributed by atoms with Crippen LogP contribution in [0.25, 0.3) is 0 Å². The minimum Gasteiger partial charge on any atom is -0.383 e. The molecule has 1 aliphatic heterocycles. The Hall–Kier alpha value is -1.88. The fourth-order valence-electron chi connectivity index (χ4n) is 2.90. The predicted octanol–water partition coefficient (Wildman–Crippen LogP) is 1.54. The van der Waals surface area contributed by atoms with E-state index in [9.17, 15) is 9.59 Å². The zero-order valence-electron chi connectivity index (χ0n) is 14.0. The summed E-state index contributed by atoms with van der Waals surface area (Å²) in [5, 5.41) is 3.01. The van der Waals surface area contributed by atoms with Crippen LogP contribution in [0.15, 0.2) is 24.3 Å². The average molecular weight is 318 g/mol. The maximum atomic E-state index is 12.3. The van der Waals surface area contributed by atoms with E-state index in [4.69, 9.17) is 4.74 Å². The lowest BCUT2D eigenvalue weighted by atomic mass is 9.96. The molecule has 1 aromatic carbocycles. The number of amides is 2. The highest BCUT2D eigenvalue weighted by atomic mass is 16.5. The van der Waals surface area contributed by atoms with E-state index >= 15 is 0 Å². The van der Waals surface area contributed by atoms with Crippen molar-refractivity contribution in [3.8, 4) is 0 Å². The van der Waals surface area contributed by atoms with E-state index in [2.05, 4.69) is 24.4 Å². The molecule has 23 heavy (non-hydrogen) atoms. The number of benzene rings is 1. The van der Waals surface area contributed by atoms with Crippen LogP contribution < -0.4 is 5.32 Å². The van der Waals surface area contributed by atoms with Crippen molar-refractivity contribution >= 4 is 11.8 Å². The summed E-state index contributed by atoms with van der Waals surface area (Å²) in [6.45, 7) is 4.28. The van der Waals surface area contributed by atoms with Gasteiger partial charge in [-0.2, -0.15) is 0 Å². The first kappa shape index (κ1) is 17.5. The Labute approximate surface area is 138 Å². The van der Waals surface area contributed by atoms with Gasteiger partial charge in [0.15, 0.2) is 0 Å². The van der Waals surface area contributed by atoms with Gasteiger partial charge >= 0.3 is 0 Å². The zero-order chi connectivity index (χ0) is 16.7. The van der Waals surface area contributed by atoms with Crippen LogP contribution in [0.2, 0.25) is 0 Å². The molecule has 1 aromatic rings. The number of carbonyl (C=O) groups excluding carboxylic acids is 2. The molecule has 1 N–H and O–H groups in total. The third-order valence-electron chi connectivity index (χ3n) is 4.39. The minimum absolute atomic E-state index is 0.0495. The summed E-state index contributed by atoms with van der Waals surface area (Å²) >= 11 is 0. The Bertz CT molecular complexity index is 545. The van der Waals surface area contributed by atoms with Crippen molar-refractivity contribution in [2.24, 2.45) is 5.92 Å². The summed E-state index contributed by atoms with van der Waals surface area (Å²) in [6.07, 6.45) is 1.91. The summed E-state index contributed by atoms with van der Waals surface area (Å²) in [6, 6.07) is 8.21. The number of carbonyl (C=O) groups is 2. The monoisotopic (exact) mass is 318 g/mol. The quantitative estimate of drug-likeness (QED) is 0.829. The molecule has 2 rings (SSSR count). The van der Waals surface area contributed by atoms with Crippen LogP contribution in [0.4, 0.5) is 0 Å². The second-order valence-corrected chi connectivity index (χ2v) is 6.04. The molecule has 0 radical (unpaired) electrons. The number of likely N-dealkylation sites (tertiary alicyclic amines) is 1. The highest BCUT2D eigenvalue weighted by Crippen LogP contribution is 2.17. The molecule has 5 heteroatoms. The number of rotatable bonds is 7. The smallest absolute Gasteiger partial charge is 0.224 e. The van der Waals surface area contributed by atoms with Crippen molar-refractivity contribution in [3.05, 3.63) is 35.4 Å². The second-order valence-electron chi connectivity index (χ2n) is 6.04. The summed E-state index contributed by atoms with van der Waals surface area (Å²) in [5.41, 5.74) is 2.50.